The minimum atomic E-state index is -4.60. The topological polar surface area (TPSA) is 66.2 Å². The van der Waals surface area contributed by atoms with Gasteiger partial charge in [-0.2, -0.15) is 23.3 Å². The Labute approximate surface area is 158 Å². The van der Waals surface area contributed by atoms with Crippen molar-refractivity contribution in [2.45, 2.75) is 19.7 Å². The van der Waals surface area contributed by atoms with Crippen LogP contribution in [0.15, 0.2) is 48.7 Å². The highest BCUT2D eigenvalue weighted by Gasteiger charge is 2.32. The third-order valence-electron chi connectivity index (χ3n) is 3.98. The van der Waals surface area contributed by atoms with Gasteiger partial charge in [0.2, 0.25) is 5.88 Å². The molecule has 0 fully saturated rings. The summed E-state index contributed by atoms with van der Waals surface area (Å²) in [7, 11) is 1.21. The Kier molecular flexibility index (Phi) is 5.34. The molecule has 3 aromatic rings. The normalized spacial score (nSPS) is 11.3. The van der Waals surface area contributed by atoms with Gasteiger partial charge >= 0.3 is 12.1 Å². The fourth-order valence-electron chi connectivity index (χ4n) is 2.52. The lowest BCUT2D eigenvalue weighted by Gasteiger charge is -2.13. The second-order valence-electron chi connectivity index (χ2n) is 5.87. The van der Waals surface area contributed by atoms with Gasteiger partial charge in [0, 0.05) is 6.07 Å². The molecule has 9 heteroatoms. The molecule has 146 valence electrons. The van der Waals surface area contributed by atoms with E-state index in [4.69, 9.17) is 4.74 Å². The fraction of sp³-hybridized carbons (Fsp3) is 0.211. The van der Waals surface area contributed by atoms with Gasteiger partial charge in [-0.15, -0.1) is 0 Å². The number of hydrogen-bond donors (Lipinski definition) is 0. The number of pyridine rings is 1. The molecule has 2 aromatic heterocycles. The minimum absolute atomic E-state index is 0.0556. The smallest absolute Gasteiger partial charge is 0.416 e. The number of rotatable bonds is 5. The molecule has 0 aliphatic carbocycles. The van der Waals surface area contributed by atoms with Crippen molar-refractivity contribution in [2.75, 3.05) is 7.11 Å². The zero-order valence-electron chi connectivity index (χ0n) is 15.0. The Bertz CT molecular complexity index is 985. The van der Waals surface area contributed by atoms with Crippen LogP contribution in [0.1, 0.15) is 27.2 Å². The summed E-state index contributed by atoms with van der Waals surface area (Å²) in [5.41, 5.74) is 0.280. The van der Waals surface area contributed by atoms with Crippen molar-refractivity contribution in [3.8, 4) is 11.7 Å². The molecule has 0 spiro atoms. The van der Waals surface area contributed by atoms with Crippen LogP contribution in [0.5, 0.6) is 5.88 Å². The van der Waals surface area contributed by atoms with Gasteiger partial charge in [0.25, 0.3) is 0 Å². The van der Waals surface area contributed by atoms with Crippen molar-refractivity contribution in [3.05, 3.63) is 71.0 Å². The first-order valence-corrected chi connectivity index (χ1v) is 8.19. The van der Waals surface area contributed by atoms with E-state index in [1.807, 2.05) is 6.07 Å². The van der Waals surface area contributed by atoms with Crippen LogP contribution in [0.4, 0.5) is 13.2 Å². The Morgan fingerprint density at radius 1 is 1.18 bits per heavy atom. The van der Waals surface area contributed by atoms with E-state index in [-0.39, 0.29) is 23.9 Å². The van der Waals surface area contributed by atoms with E-state index in [0.717, 1.165) is 22.4 Å². The molecule has 1 aromatic carbocycles. The molecular formula is C19H16F3N3O3. The molecule has 0 bridgehead atoms. The summed E-state index contributed by atoms with van der Waals surface area (Å²) in [5, 5.41) is 3.97. The molecule has 0 aliphatic heterocycles. The molecule has 0 radical (unpaired) electrons. The monoisotopic (exact) mass is 391 g/mol. The van der Waals surface area contributed by atoms with Crippen molar-refractivity contribution in [2.24, 2.45) is 0 Å². The lowest BCUT2D eigenvalue weighted by Crippen LogP contribution is -2.11. The number of hydrogen-bond acceptors (Lipinski definition) is 5. The van der Waals surface area contributed by atoms with Crippen LogP contribution < -0.4 is 4.74 Å². The molecule has 6 nitrogen and oxygen atoms in total. The maximum atomic E-state index is 13.3. The van der Waals surface area contributed by atoms with Crippen molar-refractivity contribution in [1.82, 2.24) is 14.8 Å². The van der Waals surface area contributed by atoms with Gasteiger partial charge in [-0.1, -0.05) is 30.3 Å². The van der Waals surface area contributed by atoms with E-state index in [0.29, 0.717) is 5.69 Å². The molecule has 2 heterocycles. The van der Waals surface area contributed by atoms with Crippen LogP contribution in [-0.4, -0.2) is 27.8 Å². The second-order valence-corrected chi connectivity index (χ2v) is 5.87. The number of esters is 1. The average molecular weight is 391 g/mol. The Morgan fingerprint density at radius 2 is 1.89 bits per heavy atom. The zero-order chi connectivity index (χ0) is 20.3. The van der Waals surface area contributed by atoms with Crippen LogP contribution >= 0.6 is 0 Å². The number of alkyl halides is 3. The first-order valence-electron chi connectivity index (χ1n) is 8.19. The predicted molar refractivity (Wildman–Crippen MR) is 93.2 cm³/mol. The summed E-state index contributed by atoms with van der Waals surface area (Å²) in [6.45, 7) is 1.59. The van der Waals surface area contributed by atoms with Crippen molar-refractivity contribution < 1.29 is 27.4 Å². The zero-order valence-corrected chi connectivity index (χ0v) is 15.0. The molecule has 0 N–H and O–H groups in total. The van der Waals surface area contributed by atoms with Gasteiger partial charge in [0.05, 0.1) is 24.6 Å². The van der Waals surface area contributed by atoms with E-state index >= 15 is 0 Å². The Hall–Kier alpha value is -3.36. The van der Waals surface area contributed by atoms with Crippen molar-refractivity contribution in [3.63, 3.8) is 0 Å². The maximum absolute atomic E-state index is 13.3. The number of carbonyl (C=O) groups excluding carboxylic acids is 1. The molecule has 0 saturated carbocycles. The quantitative estimate of drug-likeness (QED) is 0.616. The van der Waals surface area contributed by atoms with Gasteiger partial charge in [-0.05, 0) is 18.6 Å². The van der Waals surface area contributed by atoms with E-state index in [9.17, 15) is 18.0 Å². The summed E-state index contributed by atoms with van der Waals surface area (Å²) in [4.78, 5) is 15.8. The summed E-state index contributed by atoms with van der Waals surface area (Å²) in [6, 6.07) is 10.7. The van der Waals surface area contributed by atoms with Crippen LogP contribution in [0, 0.1) is 6.92 Å². The molecule has 0 atom stereocenters. The van der Waals surface area contributed by atoms with Gasteiger partial charge in [0.15, 0.2) is 5.82 Å². The van der Waals surface area contributed by atoms with Gasteiger partial charge in [-0.3, -0.25) is 0 Å². The molecule has 0 aliphatic rings. The van der Waals surface area contributed by atoms with Crippen LogP contribution in [0.2, 0.25) is 0 Å². The van der Waals surface area contributed by atoms with Crippen molar-refractivity contribution in [1.29, 1.82) is 0 Å². The summed E-state index contributed by atoms with van der Waals surface area (Å²) in [6.07, 6.45) is -3.39. The number of aromatic nitrogens is 3. The number of ether oxygens (including phenoxy) is 2. The summed E-state index contributed by atoms with van der Waals surface area (Å²) < 4.78 is 51.2. The summed E-state index contributed by atoms with van der Waals surface area (Å²) in [5.74, 6) is -0.968. The molecule has 3 rings (SSSR count). The molecule has 28 heavy (non-hydrogen) atoms. The molecule has 0 saturated heterocycles. The Morgan fingerprint density at radius 3 is 2.54 bits per heavy atom. The average Bonchev–Trinajstić information content (AvgIpc) is 3.07. The number of nitrogens with zero attached hydrogens (tertiary/aromatic N) is 3. The minimum Gasteiger partial charge on any atom is -0.473 e. The highest BCUT2D eigenvalue weighted by atomic mass is 19.4. The number of carbonyl (C=O) groups is 1. The predicted octanol–water partition coefficient (Wildman–Crippen LogP) is 3.96. The second kappa shape index (κ2) is 7.71. The van der Waals surface area contributed by atoms with Crippen LogP contribution in [-0.2, 0) is 17.5 Å². The lowest BCUT2D eigenvalue weighted by molar-refractivity contribution is -0.137. The van der Waals surface area contributed by atoms with Gasteiger partial charge in [-0.25, -0.2) is 9.48 Å². The van der Waals surface area contributed by atoms with Crippen LogP contribution in [0.3, 0.4) is 0 Å². The van der Waals surface area contributed by atoms with E-state index in [1.165, 1.54) is 20.2 Å². The van der Waals surface area contributed by atoms with E-state index in [1.54, 1.807) is 24.3 Å². The maximum Gasteiger partial charge on any atom is 0.416 e. The standard InChI is InChI=1S/C19H16F3N3O3/c1-12-15(18(26)27-2)10-23-25(12)16-8-14(19(20,21)22)9-17(24-16)28-11-13-6-4-3-5-7-13/h3-10H,11H2,1-2H3. The third kappa shape index (κ3) is 4.13. The third-order valence-corrected chi connectivity index (χ3v) is 3.98. The molecule has 0 unspecified atom stereocenters. The Balaban J connectivity index is 1.99. The molecule has 0 amide bonds. The number of methoxy groups -OCH3 is 1. The van der Waals surface area contributed by atoms with Gasteiger partial charge in [0.1, 0.15) is 12.2 Å². The lowest BCUT2D eigenvalue weighted by atomic mass is 10.2. The number of halogens is 3. The highest BCUT2D eigenvalue weighted by Crippen LogP contribution is 2.32. The van der Waals surface area contributed by atoms with Crippen molar-refractivity contribution >= 4 is 5.97 Å². The largest absolute Gasteiger partial charge is 0.473 e. The summed E-state index contributed by atoms with van der Waals surface area (Å²) >= 11 is 0. The highest BCUT2D eigenvalue weighted by molar-refractivity contribution is 5.90. The fourth-order valence-corrected chi connectivity index (χ4v) is 2.52. The number of benzene rings is 1. The first-order chi connectivity index (χ1) is 13.3. The molecular weight excluding hydrogens is 375 g/mol. The SMILES string of the molecule is COC(=O)c1cnn(-c2cc(C(F)(F)F)cc(OCc3ccccc3)n2)c1C. The van der Waals surface area contributed by atoms with E-state index in [2.05, 4.69) is 14.8 Å². The van der Waals surface area contributed by atoms with Gasteiger partial charge < -0.3 is 9.47 Å². The van der Waals surface area contributed by atoms with Crippen LogP contribution in [0.25, 0.3) is 5.82 Å². The van der Waals surface area contributed by atoms with E-state index < -0.39 is 17.7 Å². The first kappa shape index (κ1) is 19.4.